The van der Waals surface area contributed by atoms with Crippen LogP contribution in [0.15, 0.2) is 54.6 Å². The Morgan fingerprint density at radius 1 is 1.11 bits per heavy atom. The van der Waals surface area contributed by atoms with Crippen LogP contribution < -0.4 is 5.73 Å². The fourth-order valence-electron chi connectivity index (χ4n) is 4.06. The number of hydrogen-bond donors (Lipinski definition) is 2. The van der Waals surface area contributed by atoms with Crippen LogP contribution in [0.4, 0.5) is 0 Å². The molecule has 4 aromatic rings. The van der Waals surface area contributed by atoms with Crippen LogP contribution in [0.25, 0.3) is 5.69 Å². The van der Waals surface area contributed by atoms with E-state index in [9.17, 15) is 9.90 Å². The van der Waals surface area contributed by atoms with E-state index in [4.69, 9.17) is 17.3 Å². The number of aromatic nitrogens is 6. The van der Waals surface area contributed by atoms with Crippen LogP contribution in [0.2, 0.25) is 5.15 Å². The lowest BCUT2D eigenvalue weighted by molar-refractivity contribution is -0.119. The molecule has 0 saturated carbocycles. The lowest BCUT2D eigenvalue weighted by Crippen LogP contribution is -2.26. The molecular weight excluding hydrogens is 466 g/mol. The van der Waals surface area contributed by atoms with E-state index < -0.39 is 11.8 Å². The molecule has 0 aliphatic heterocycles. The van der Waals surface area contributed by atoms with Gasteiger partial charge in [-0.2, -0.15) is 4.68 Å². The van der Waals surface area contributed by atoms with Gasteiger partial charge in [0.25, 0.3) is 0 Å². The SMILES string of the molecule is CCCCc1nc(Cl)c(CO)n1Cc1ccc(-n2nnnc2C(Cc2ccccc2)C(N)=O)cc1. The minimum absolute atomic E-state index is 0.181. The number of carbonyl (C=O) groups excluding carboxylic acids is 1. The summed E-state index contributed by atoms with van der Waals surface area (Å²) in [5.74, 6) is 0.0842. The molecule has 1 atom stereocenters. The first-order valence-corrected chi connectivity index (χ1v) is 11.9. The highest BCUT2D eigenvalue weighted by Crippen LogP contribution is 2.23. The summed E-state index contributed by atoms with van der Waals surface area (Å²) in [5, 5.41) is 22.2. The van der Waals surface area contributed by atoms with Crippen molar-refractivity contribution in [3.63, 3.8) is 0 Å². The fourth-order valence-corrected chi connectivity index (χ4v) is 4.32. The Kier molecular flexibility index (Phi) is 7.89. The Hall–Kier alpha value is -3.56. The first kappa shape index (κ1) is 24.6. The Balaban J connectivity index is 1.58. The average molecular weight is 494 g/mol. The predicted octanol–water partition coefficient (Wildman–Crippen LogP) is 3.21. The zero-order valence-electron chi connectivity index (χ0n) is 19.5. The van der Waals surface area contributed by atoms with E-state index in [0.29, 0.717) is 35.3 Å². The van der Waals surface area contributed by atoms with E-state index in [1.54, 1.807) is 4.68 Å². The summed E-state index contributed by atoms with van der Waals surface area (Å²) < 4.78 is 3.51. The number of tetrazole rings is 1. The number of aliphatic hydroxyl groups is 1. The lowest BCUT2D eigenvalue weighted by Gasteiger charge is -2.14. The second-order valence-electron chi connectivity index (χ2n) is 8.37. The second-order valence-corrected chi connectivity index (χ2v) is 8.73. The van der Waals surface area contributed by atoms with E-state index >= 15 is 0 Å². The van der Waals surface area contributed by atoms with Crippen molar-refractivity contribution in [2.45, 2.75) is 51.7 Å². The number of aryl methyl sites for hydroxylation is 1. The number of primary amides is 1. The number of benzene rings is 2. The first-order valence-electron chi connectivity index (χ1n) is 11.6. The van der Waals surface area contributed by atoms with Crippen LogP contribution in [0.3, 0.4) is 0 Å². The Morgan fingerprint density at radius 3 is 2.51 bits per heavy atom. The molecule has 1 amide bonds. The maximum atomic E-state index is 12.3. The standard InChI is InChI=1S/C25H28ClN7O2/c1-2-3-9-22-28-23(26)21(16-34)32(22)15-18-10-12-19(13-11-18)33-25(29-30-31-33)20(24(27)35)14-17-7-5-4-6-8-17/h4-8,10-13,20,34H,2-3,9,14-16H2,1H3,(H2,27,35). The Bertz CT molecular complexity index is 1270. The normalized spacial score (nSPS) is 12.1. The largest absolute Gasteiger partial charge is 0.390 e. The molecule has 2 aromatic heterocycles. The smallest absolute Gasteiger partial charge is 0.228 e. The molecule has 35 heavy (non-hydrogen) atoms. The van der Waals surface area contributed by atoms with Crippen molar-refractivity contribution in [3.05, 3.63) is 88.2 Å². The molecule has 3 N–H and O–H groups in total. The summed E-state index contributed by atoms with van der Waals surface area (Å²) in [6.07, 6.45) is 3.22. The van der Waals surface area contributed by atoms with Gasteiger partial charge in [0.05, 0.1) is 18.0 Å². The molecular formula is C25H28ClN7O2. The van der Waals surface area contributed by atoms with Crippen LogP contribution in [0, 0.1) is 0 Å². The van der Waals surface area contributed by atoms with Crippen LogP contribution in [0.5, 0.6) is 0 Å². The van der Waals surface area contributed by atoms with Gasteiger partial charge < -0.3 is 15.4 Å². The van der Waals surface area contributed by atoms with E-state index in [2.05, 4.69) is 27.4 Å². The summed E-state index contributed by atoms with van der Waals surface area (Å²) in [4.78, 5) is 16.7. The predicted molar refractivity (Wildman–Crippen MR) is 132 cm³/mol. The molecule has 0 saturated heterocycles. The average Bonchev–Trinajstić information content (AvgIpc) is 3.46. The van der Waals surface area contributed by atoms with Gasteiger partial charge in [-0.3, -0.25) is 4.79 Å². The zero-order chi connectivity index (χ0) is 24.8. The number of aliphatic hydroxyl groups excluding tert-OH is 1. The second kappa shape index (κ2) is 11.2. The fraction of sp³-hybridized carbons (Fsp3) is 0.320. The number of hydrogen-bond acceptors (Lipinski definition) is 6. The minimum Gasteiger partial charge on any atom is -0.390 e. The van der Waals surface area contributed by atoms with Crippen molar-refractivity contribution in [3.8, 4) is 5.69 Å². The summed E-state index contributed by atoms with van der Waals surface area (Å²) in [5.41, 5.74) is 9.01. The number of halogens is 1. The number of carbonyl (C=O) groups is 1. The summed E-state index contributed by atoms with van der Waals surface area (Å²) in [6.45, 7) is 2.46. The molecule has 0 aliphatic carbocycles. The van der Waals surface area contributed by atoms with Crippen molar-refractivity contribution in [2.24, 2.45) is 5.73 Å². The van der Waals surface area contributed by atoms with Crippen molar-refractivity contribution in [2.75, 3.05) is 0 Å². The van der Waals surface area contributed by atoms with Gasteiger partial charge in [0.15, 0.2) is 11.0 Å². The van der Waals surface area contributed by atoms with E-state index in [-0.39, 0.29) is 6.61 Å². The molecule has 0 bridgehead atoms. The van der Waals surface area contributed by atoms with Crippen LogP contribution in [-0.2, 0) is 30.8 Å². The summed E-state index contributed by atoms with van der Waals surface area (Å²) in [6, 6.07) is 17.3. The van der Waals surface area contributed by atoms with Gasteiger partial charge in [-0.1, -0.05) is 67.4 Å². The van der Waals surface area contributed by atoms with Gasteiger partial charge in [0.2, 0.25) is 5.91 Å². The maximum absolute atomic E-state index is 12.3. The van der Waals surface area contributed by atoms with Crippen molar-refractivity contribution in [1.29, 1.82) is 0 Å². The molecule has 10 heteroatoms. The number of rotatable bonds is 11. The Morgan fingerprint density at radius 2 is 1.86 bits per heavy atom. The van der Waals surface area contributed by atoms with Crippen molar-refractivity contribution < 1.29 is 9.90 Å². The highest BCUT2D eigenvalue weighted by molar-refractivity contribution is 6.30. The van der Waals surface area contributed by atoms with Crippen LogP contribution in [0.1, 0.15) is 54.2 Å². The van der Waals surface area contributed by atoms with Crippen molar-refractivity contribution in [1.82, 2.24) is 29.8 Å². The molecule has 2 heterocycles. The van der Waals surface area contributed by atoms with Gasteiger partial charge in [-0.15, -0.1) is 5.10 Å². The van der Waals surface area contributed by atoms with Gasteiger partial charge in [-0.25, -0.2) is 4.98 Å². The molecule has 4 rings (SSSR count). The number of nitrogens with two attached hydrogens (primary N) is 1. The van der Waals surface area contributed by atoms with Gasteiger partial charge in [0, 0.05) is 13.0 Å². The number of unbranched alkanes of at least 4 members (excludes halogenated alkanes) is 1. The third-order valence-corrected chi connectivity index (χ3v) is 6.26. The maximum Gasteiger partial charge on any atom is 0.228 e. The molecule has 2 aromatic carbocycles. The minimum atomic E-state index is -0.673. The molecule has 0 radical (unpaired) electrons. The van der Waals surface area contributed by atoms with Gasteiger partial charge >= 0.3 is 0 Å². The summed E-state index contributed by atoms with van der Waals surface area (Å²) >= 11 is 6.26. The zero-order valence-corrected chi connectivity index (χ0v) is 20.3. The highest BCUT2D eigenvalue weighted by atomic mass is 35.5. The van der Waals surface area contributed by atoms with Crippen molar-refractivity contribution >= 4 is 17.5 Å². The monoisotopic (exact) mass is 493 g/mol. The highest BCUT2D eigenvalue weighted by Gasteiger charge is 2.26. The molecule has 1 unspecified atom stereocenters. The van der Waals surface area contributed by atoms with E-state index in [1.807, 2.05) is 59.2 Å². The van der Waals surface area contributed by atoms with Crippen LogP contribution in [-0.4, -0.2) is 40.8 Å². The third kappa shape index (κ3) is 5.58. The lowest BCUT2D eigenvalue weighted by atomic mass is 9.98. The molecule has 0 fully saturated rings. The van der Waals surface area contributed by atoms with E-state index in [0.717, 1.165) is 36.2 Å². The number of amides is 1. The van der Waals surface area contributed by atoms with E-state index in [1.165, 1.54) is 0 Å². The first-order chi connectivity index (χ1) is 17.0. The van der Waals surface area contributed by atoms with Gasteiger partial charge in [0.1, 0.15) is 11.7 Å². The molecule has 0 spiro atoms. The number of nitrogens with zero attached hydrogens (tertiary/aromatic N) is 6. The van der Waals surface area contributed by atoms with Gasteiger partial charge in [-0.05, 0) is 46.5 Å². The summed E-state index contributed by atoms with van der Waals surface area (Å²) in [7, 11) is 0. The van der Waals surface area contributed by atoms with Crippen LogP contribution >= 0.6 is 11.6 Å². The Labute approximate surface area is 208 Å². The molecule has 0 aliphatic rings. The quantitative estimate of drug-likeness (QED) is 0.330. The topological polar surface area (TPSA) is 125 Å². The molecule has 182 valence electrons. The number of imidazole rings is 1. The molecule has 9 nitrogen and oxygen atoms in total. The third-order valence-electron chi connectivity index (χ3n) is 5.96.